The number of aromatic nitrogens is 1. The molecule has 0 aliphatic rings. The molecule has 0 radical (unpaired) electrons. The van der Waals surface area contributed by atoms with Gasteiger partial charge in [0, 0.05) is 30.1 Å². The van der Waals surface area contributed by atoms with E-state index < -0.39 is 47.5 Å². The zero-order valence-corrected chi connectivity index (χ0v) is 27.6. The van der Waals surface area contributed by atoms with Crippen molar-refractivity contribution in [2.75, 3.05) is 0 Å². The number of rotatable bonds is 15. The van der Waals surface area contributed by atoms with E-state index in [-0.39, 0.29) is 35.0 Å². The number of ketones is 1. The van der Waals surface area contributed by atoms with Crippen molar-refractivity contribution >= 4 is 63.5 Å². The minimum atomic E-state index is -1.15. The molecule has 3 unspecified atom stereocenters. The largest absolute Gasteiger partial charge is 0.361 e. The van der Waals surface area contributed by atoms with E-state index in [0.29, 0.717) is 6.42 Å². The fourth-order valence-corrected chi connectivity index (χ4v) is 5.40. The lowest BCUT2D eigenvalue weighted by Crippen LogP contribution is -2.56. The first-order chi connectivity index (χ1) is 22.6. The molecule has 0 saturated carbocycles. The number of hydrogen-bond acceptors (Lipinski definition) is 5. The van der Waals surface area contributed by atoms with Crippen LogP contribution in [0.15, 0.2) is 79.0 Å². The fourth-order valence-electron chi connectivity index (χ4n) is 5.02. The van der Waals surface area contributed by atoms with Crippen molar-refractivity contribution < 1.29 is 24.0 Å². The molecule has 0 aliphatic carbocycles. The molecular formula is C35H37Cl2N5O5. The van der Waals surface area contributed by atoms with Crippen molar-refractivity contribution in [3.63, 3.8) is 0 Å². The number of halogens is 2. The van der Waals surface area contributed by atoms with E-state index in [2.05, 4.69) is 26.3 Å². The monoisotopic (exact) mass is 677 g/mol. The molecule has 1 heterocycles. The summed E-state index contributed by atoms with van der Waals surface area (Å²) in [4.78, 5) is 69.4. The van der Waals surface area contributed by atoms with Gasteiger partial charge in [0.25, 0.3) is 11.8 Å². The van der Waals surface area contributed by atoms with Gasteiger partial charge in [-0.1, -0.05) is 97.6 Å². The van der Waals surface area contributed by atoms with E-state index in [1.807, 2.05) is 61.5 Å². The number of carbonyl (C=O) groups excluding carboxylic acids is 5. The number of nitrogens with one attached hydrogen (secondary N) is 5. The summed E-state index contributed by atoms with van der Waals surface area (Å²) in [5, 5.41) is 11.8. The highest BCUT2D eigenvalue weighted by atomic mass is 35.5. The van der Waals surface area contributed by atoms with Crippen LogP contribution < -0.4 is 21.3 Å². The number of para-hydroxylation sites is 1. The molecule has 1 aromatic heterocycles. The Bertz CT molecular complexity index is 1740. The fraction of sp³-hybridized carbons (Fsp3) is 0.286. The second-order valence-corrected chi connectivity index (χ2v) is 11.9. The number of unbranched alkanes of at least 4 members (excludes halogenated alkanes) is 1. The van der Waals surface area contributed by atoms with E-state index in [0.717, 1.165) is 28.5 Å². The van der Waals surface area contributed by atoms with Gasteiger partial charge in [-0.2, -0.15) is 0 Å². The van der Waals surface area contributed by atoms with E-state index in [4.69, 9.17) is 23.2 Å². The van der Waals surface area contributed by atoms with Crippen LogP contribution in [-0.4, -0.2) is 52.5 Å². The summed E-state index contributed by atoms with van der Waals surface area (Å²) in [5.74, 6) is -3.51. The van der Waals surface area contributed by atoms with Gasteiger partial charge in [0.1, 0.15) is 12.1 Å². The molecule has 5 N–H and O–H groups in total. The minimum absolute atomic E-state index is 0.0476. The van der Waals surface area contributed by atoms with Crippen molar-refractivity contribution in [2.24, 2.45) is 0 Å². The molecule has 4 aromatic rings. The second-order valence-electron chi connectivity index (χ2n) is 11.2. The predicted octanol–water partition coefficient (Wildman–Crippen LogP) is 4.88. The van der Waals surface area contributed by atoms with E-state index in [1.54, 1.807) is 12.3 Å². The van der Waals surface area contributed by atoms with Gasteiger partial charge in [0.2, 0.25) is 17.6 Å². The Kier molecular flexibility index (Phi) is 12.5. The number of amides is 4. The van der Waals surface area contributed by atoms with Gasteiger partial charge in [-0.25, -0.2) is 0 Å². The van der Waals surface area contributed by atoms with Crippen molar-refractivity contribution in [2.45, 2.75) is 64.2 Å². The van der Waals surface area contributed by atoms with Crippen molar-refractivity contribution in [3.8, 4) is 0 Å². The maximum absolute atomic E-state index is 13.8. The lowest BCUT2D eigenvalue weighted by atomic mass is 10.0. The molecule has 0 spiro atoms. The number of carbonyl (C=O) groups is 5. The molecule has 47 heavy (non-hydrogen) atoms. The lowest BCUT2D eigenvalue weighted by Gasteiger charge is -2.24. The van der Waals surface area contributed by atoms with Crippen LogP contribution in [0.2, 0.25) is 10.0 Å². The Morgan fingerprint density at radius 1 is 0.809 bits per heavy atom. The van der Waals surface area contributed by atoms with Crippen molar-refractivity contribution in [3.05, 3.63) is 106 Å². The zero-order chi connectivity index (χ0) is 33.9. The number of Topliss-reactive ketones (excluding diaryl/α,β-unsaturated/α-hetero) is 1. The lowest BCUT2D eigenvalue weighted by molar-refractivity contribution is -0.140. The van der Waals surface area contributed by atoms with Gasteiger partial charge in [0.05, 0.1) is 21.7 Å². The van der Waals surface area contributed by atoms with Gasteiger partial charge in [-0.15, -0.1) is 0 Å². The predicted molar refractivity (Wildman–Crippen MR) is 182 cm³/mol. The molecule has 12 heteroatoms. The third kappa shape index (κ3) is 9.43. The topological polar surface area (TPSA) is 149 Å². The van der Waals surface area contributed by atoms with Gasteiger partial charge < -0.3 is 26.3 Å². The van der Waals surface area contributed by atoms with E-state index in [9.17, 15) is 24.0 Å². The van der Waals surface area contributed by atoms with Crippen LogP contribution in [0.5, 0.6) is 0 Å². The van der Waals surface area contributed by atoms with Crippen molar-refractivity contribution in [1.82, 2.24) is 26.3 Å². The summed E-state index contributed by atoms with van der Waals surface area (Å²) >= 11 is 12.2. The molecule has 10 nitrogen and oxygen atoms in total. The highest BCUT2D eigenvalue weighted by Crippen LogP contribution is 2.25. The first kappa shape index (κ1) is 35.2. The zero-order valence-electron chi connectivity index (χ0n) is 26.1. The third-order valence-electron chi connectivity index (χ3n) is 7.67. The van der Waals surface area contributed by atoms with E-state index in [1.165, 1.54) is 19.1 Å². The first-order valence-corrected chi connectivity index (χ1v) is 16.1. The third-order valence-corrected chi connectivity index (χ3v) is 8.49. The summed E-state index contributed by atoms with van der Waals surface area (Å²) in [6, 6.07) is 17.9. The number of benzene rings is 3. The molecule has 3 atom stereocenters. The molecule has 0 saturated heterocycles. The van der Waals surface area contributed by atoms with Gasteiger partial charge in [0.15, 0.2) is 0 Å². The summed E-state index contributed by atoms with van der Waals surface area (Å²) in [6.07, 6.45) is 3.36. The highest BCUT2D eigenvalue weighted by Gasteiger charge is 2.31. The summed E-state index contributed by atoms with van der Waals surface area (Å²) in [7, 11) is 0. The van der Waals surface area contributed by atoms with Crippen LogP contribution in [0.1, 0.15) is 54.6 Å². The quantitative estimate of drug-likeness (QED) is 0.114. The van der Waals surface area contributed by atoms with Gasteiger partial charge in [-0.3, -0.25) is 24.0 Å². The Morgan fingerprint density at radius 3 is 2.26 bits per heavy atom. The van der Waals surface area contributed by atoms with Crippen LogP contribution >= 0.6 is 23.2 Å². The number of hydrogen-bond donors (Lipinski definition) is 5. The maximum atomic E-state index is 13.8. The van der Waals surface area contributed by atoms with E-state index >= 15 is 0 Å². The first-order valence-electron chi connectivity index (χ1n) is 15.4. The molecule has 0 aliphatic heterocycles. The summed E-state index contributed by atoms with van der Waals surface area (Å²) < 4.78 is 0. The van der Waals surface area contributed by atoms with Crippen LogP contribution in [-0.2, 0) is 32.1 Å². The smallest absolute Gasteiger partial charge is 0.289 e. The summed E-state index contributed by atoms with van der Waals surface area (Å²) in [6.45, 7) is 3.56. The SMILES string of the molecule is CCCCC(NC(=O)C(Cc1c[nH]c2ccccc12)NC(=O)C(C)NC(=O)c1cccc(Cl)c1Cl)C(=O)C(=O)NCc1ccccc1. The summed E-state index contributed by atoms with van der Waals surface area (Å²) in [5.41, 5.74) is 2.51. The molecule has 246 valence electrons. The maximum Gasteiger partial charge on any atom is 0.289 e. The normalized spacial score (nSPS) is 12.9. The average molecular weight is 679 g/mol. The van der Waals surface area contributed by atoms with Crippen LogP contribution in [0.25, 0.3) is 10.9 Å². The van der Waals surface area contributed by atoms with Crippen LogP contribution in [0.4, 0.5) is 0 Å². The molecule has 3 aromatic carbocycles. The molecule has 4 rings (SSSR count). The number of aromatic amines is 1. The number of H-pyrrole nitrogens is 1. The Morgan fingerprint density at radius 2 is 1.51 bits per heavy atom. The standard InChI is InChI=1S/C35H37Cl2N5O5/c1-3-4-16-28(31(43)35(47)39-19-22-11-6-5-7-12-22)41-34(46)29(18-23-20-38-27-17-9-8-13-24(23)27)42-32(44)21(2)40-33(45)25-14-10-15-26(36)30(25)37/h5-15,17,20-21,28-29,38H,3-4,16,18-19H2,1-2H3,(H,39,47)(H,40,45)(H,41,46)(H,42,44). The Labute approximate surface area is 283 Å². The molecule has 0 bridgehead atoms. The van der Waals surface area contributed by atoms with Crippen LogP contribution in [0, 0.1) is 0 Å². The molecule has 4 amide bonds. The average Bonchev–Trinajstić information content (AvgIpc) is 3.48. The second kappa shape index (κ2) is 16.8. The molecular weight excluding hydrogens is 641 g/mol. The Balaban J connectivity index is 1.51. The van der Waals surface area contributed by atoms with Gasteiger partial charge >= 0.3 is 0 Å². The minimum Gasteiger partial charge on any atom is -0.361 e. The number of fused-ring (bicyclic) bond motifs is 1. The Hall–Kier alpha value is -4.67. The van der Waals surface area contributed by atoms with Gasteiger partial charge in [-0.05, 0) is 42.7 Å². The molecule has 0 fully saturated rings. The highest BCUT2D eigenvalue weighted by molar-refractivity contribution is 6.43. The van der Waals surface area contributed by atoms with Crippen LogP contribution in [0.3, 0.4) is 0 Å². The van der Waals surface area contributed by atoms with Crippen molar-refractivity contribution in [1.29, 1.82) is 0 Å².